The SMILES string of the molecule is Nc1nc(-c2cccnc2)c(Cc2ccccc2)c(-c2cccs2)n1. The van der Waals surface area contributed by atoms with Crippen LogP contribution in [0.3, 0.4) is 0 Å². The van der Waals surface area contributed by atoms with Crippen LogP contribution < -0.4 is 5.73 Å². The van der Waals surface area contributed by atoms with Crippen LogP contribution in [0.15, 0.2) is 72.4 Å². The van der Waals surface area contributed by atoms with Crippen molar-refractivity contribution in [3.8, 4) is 21.8 Å². The van der Waals surface area contributed by atoms with E-state index in [1.807, 2.05) is 48.0 Å². The Bertz CT molecular complexity index is 968. The topological polar surface area (TPSA) is 64.7 Å². The van der Waals surface area contributed by atoms with E-state index in [0.717, 1.165) is 33.8 Å². The molecular formula is C20H16N4S. The summed E-state index contributed by atoms with van der Waals surface area (Å²) in [5.41, 5.74) is 11.0. The van der Waals surface area contributed by atoms with E-state index in [4.69, 9.17) is 5.73 Å². The van der Waals surface area contributed by atoms with Gasteiger partial charge in [0.05, 0.1) is 16.3 Å². The number of benzene rings is 1. The Labute approximate surface area is 150 Å². The highest BCUT2D eigenvalue weighted by atomic mass is 32.1. The van der Waals surface area contributed by atoms with Gasteiger partial charge >= 0.3 is 0 Å². The molecule has 1 aromatic carbocycles. The number of rotatable bonds is 4. The van der Waals surface area contributed by atoms with Crippen LogP contribution in [0.1, 0.15) is 11.1 Å². The molecule has 25 heavy (non-hydrogen) atoms. The molecule has 0 radical (unpaired) electrons. The number of hydrogen-bond acceptors (Lipinski definition) is 5. The largest absolute Gasteiger partial charge is 0.368 e. The van der Waals surface area contributed by atoms with Crippen molar-refractivity contribution in [2.75, 3.05) is 5.73 Å². The molecule has 2 N–H and O–H groups in total. The molecule has 3 aromatic heterocycles. The lowest BCUT2D eigenvalue weighted by Gasteiger charge is -2.14. The molecule has 0 fully saturated rings. The van der Waals surface area contributed by atoms with E-state index in [0.29, 0.717) is 0 Å². The highest BCUT2D eigenvalue weighted by Crippen LogP contribution is 2.34. The van der Waals surface area contributed by atoms with Crippen molar-refractivity contribution in [1.29, 1.82) is 0 Å². The van der Waals surface area contributed by atoms with Gasteiger partial charge in [-0.25, -0.2) is 9.97 Å². The molecule has 4 nitrogen and oxygen atoms in total. The first-order chi connectivity index (χ1) is 12.3. The maximum absolute atomic E-state index is 6.03. The van der Waals surface area contributed by atoms with Gasteiger partial charge in [-0.15, -0.1) is 11.3 Å². The number of nitrogen functional groups attached to an aromatic ring is 1. The fourth-order valence-electron chi connectivity index (χ4n) is 2.83. The molecule has 4 aromatic rings. The van der Waals surface area contributed by atoms with E-state index in [-0.39, 0.29) is 5.95 Å². The zero-order valence-electron chi connectivity index (χ0n) is 13.5. The van der Waals surface area contributed by atoms with Gasteiger partial charge in [0.15, 0.2) is 0 Å². The molecule has 0 amide bonds. The summed E-state index contributed by atoms with van der Waals surface area (Å²) in [7, 11) is 0. The van der Waals surface area contributed by atoms with E-state index < -0.39 is 0 Å². The third-order valence-electron chi connectivity index (χ3n) is 3.94. The number of pyridine rings is 1. The Balaban J connectivity index is 1.94. The molecule has 0 spiro atoms. The Hall–Kier alpha value is -3.05. The van der Waals surface area contributed by atoms with Gasteiger partial charge in [0.2, 0.25) is 5.95 Å². The van der Waals surface area contributed by atoms with Crippen molar-refractivity contribution in [2.24, 2.45) is 0 Å². The molecule has 0 atom stereocenters. The molecular weight excluding hydrogens is 328 g/mol. The maximum Gasteiger partial charge on any atom is 0.221 e. The monoisotopic (exact) mass is 344 g/mol. The zero-order chi connectivity index (χ0) is 17.1. The summed E-state index contributed by atoms with van der Waals surface area (Å²) in [4.78, 5) is 14.4. The van der Waals surface area contributed by atoms with Gasteiger partial charge in [-0.3, -0.25) is 4.98 Å². The van der Waals surface area contributed by atoms with Crippen LogP contribution >= 0.6 is 11.3 Å². The van der Waals surface area contributed by atoms with E-state index in [1.54, 1.807) is 17.5 Å². The van der Waals surface area contributed by atoms with E-state index in [1.165, 1.54) is 5.56 Å². The highest BCUT2D eigenvalue weighted by molar-refractivity contribution is 7.13. The maximum atomic E-state index is 6.03. The van der Waals surface area contributed by atoms with Crippen molar-refractivity contribution in [3.05, 3.63) is 83.5 Å². The summed E-state index contributed by atoms with van der Waals surface area (Å²) in [6, 6.07) is 18.3. The van der Waals surface area contributed by atoms with E-state index >= 15 is 0 Å². The van der Waals surface area contributed by atoms with Crippen LogP contribution in [0, 0.1) is 0 Å². The van der Waals surface area contributed by atoms with Crippen LogP contribution in [0.4, 0.5) is 5.95 Å². The molecule has 0 saturated carbocycles. The third-order valence-corrected chi connectivity index (χ3v) is 4.81. The minimum Gasteiger partial charge on any atom is -0.368 e. The Morgan fingerprint density at radius 2 is 1.72 bits per heavy atom. The van der Waals surface area contributed by atoms with Gasteiger partial charge < -0.3 is 5.73 Å². The van der Waals surface area contributed by atoms with Crippen molar-refractivity contribution < 1.29 is 0 Å². The first-order valence-electron chi connectivity index (χ1n) is 7.96. The van der Waals surface area contributed by atoms with E-state index in [9.17, 15) is 0 Å². The summed E-state index contributed by atoms with van der Waals surface area (Å²) in [6.45, 7) is 0. The van der Waals surface area contributed by atoms with Gasteiger partial charge in [0.1, 0.15) is 0 Å². The molecule has 4 rings (SSSR count). The minimum absolute atomic E-state index is 0.277. The second-order valence-corrected chi connectivity index (χ2v) is 6.59. The van der Waals surface area contributed by atoms with E-state index in [2.05, 4.69) is 33.2 Å². The van der Waals surface area contributed by atoms with Crippen molar-refractivity contribution in [3.63, 3.8) is 0 Å². The number of nitrogens with zero attached hydrogens (tertiary/aromatic N) is 3. The fraction of sp³-hybridized carbons (Fsp3) is 0.0500. The molecule has 0 bridgehead atoms. The number of thiophene rings is 1. The lowest BCUT2D eigenvalue weighted by molar-refractivity contribution is 1.09. The second-order valence-electron chi connectivity index (χ2n) is 5.64. The number of aromatic nitrogens is 3. The first-order valence-corrected chi connectivity index (χ1v) is 8.84. The van der Waals surface area contributed by atoms with Gasteiger partial charge in [0.25, 0.3) is 0 Å². The zero-order valence-corrected chi connectivity index (χ0v) is 14.3. The molecule has 0 unspecified atom stereocenters. The molecule has 0 aliphatic heterocycles. The van der Waals surface area contributed by atoms with Crippen LogP contribution in [-0.4, -0.2) is 15.0 Å². The first kappa shape index (κ1) is 15.5. The molecule has 5 heteroatoms. The molecule has 0 aliphatic rings. The quantitative estimate of drug-likeness (QED) is 0.594. The Kier molecular flexibility index (Phi) is 4.23. The van der Waals surface area contributed by atoms with Crippen LogP contribution in [0.25, 0.3) is 21.8 Å². The molecule has 0 aliphatic carbocycles. The molecule has 0 saturated heterocycles. The second kappa shape index (κ2) is 6.83. The Morgan fingerprint density at radius 3 is 2.44 bits per heavy atom. The Morgan fingerprint density at radius 1 is 0.880 bits per heavy atom. The lowest BCUT2D eigenvalue weighted by atomic mass is 9.98. The summed E-state index contributed by atoms with van der Waals surface area (Å²) in [5.74, 6) is 0.277. The van der Waals surface area contributed by atoms with Gasteiger partial charge in [-0.2, -0.15) is 0 Å². The third kappa shape index (κ3) is 3.27. The standard InChI is InChI=1S/C20H16N4S/c21-20-23-18(15-8-4-10-22-13-15)16(12-14-6-2-1-3-7-14)19(24-20)17-9-5-11-25-17/h1-11,13H,12H2,(H2,21,23,24). The summed E-state index contributed by atoms with van der Waals surface area (Å²) < 4.78 is 0. The molecule has 3 heterocycles. The average Bonchev–Trinajstić information content (AvgIpc) is 3.19. The van der Waals surface area contributed by atoms with Gasteiger partial charge in [-0.05, 0) is 29.1 Å². The predicted octanol–water partition coefficient (Wildman–Crippen LogP) is 4.44. The normalized spacial score (nSPS) is 10.7. The summed E-state index contributed by atoms with van der Waals surface area (Å²) in [5, 5.41) is 2.05. The molecule has 122 valence electrons. The average molecular weight is 344 g/mol. The summed E-state index contributed by atoms with van der Waals surface area (Å²) >= 11 is 1.65. The van der Waals surface area contributed by atoms with Gasteiger partial charge in [-0.1, -0.05) is 36.4 Å². The number of hydrogen-bond donors (Lipinski definition) is 1. The van der Waals surface area contributed by atoms with Crippen molar-refractivity contribution >= 4 is 17.3 Å². The van der Waals surface area contributed by atoms with Crippen LogP contribution in [0.2, 0.25) is 0 Å². The fourth-order valence-corrected chi connectivity index (χ4v) is 3.57. The number of nitrogens with two attached hydrogens (primary N) is 1. The predicted molar refractivity (Wildman–Crippen MR) is 102 cm³/mol. The van der Waals surface area contributed by atoms with Crippen LogP contribution in [0.5, 0.6) is 0 Å². The summed E-state index contributed by atoms with van der Waals surface area (Å²) in [6.07, 6.45) is 4.30. The van der Waals surface area contributed by atoms with Crippen molar-refractivity contribution in [1.82, 2.24) is 15.0 Å². The number of anilines is 1. The minimum atomic E-state index is 0.277. The smallest absolute Gasteiger partial charge is 0.221 e. The van der Waals surface area contributed by atoms with Crippen molar-refractivity contribution in [2.45, 2.75) is 6.42 Å². The lowest BCUT2D eigenvalue weighted by Crippen LogP contribution is -2.05. The highest BCUT2D eigenvalue weighted by Gasteiger charge is 2.17. The van der Waals surface area contributed by atoms with Crippen LogP contribution in [-0.2, 0) is 6.42 Å². The van der Waals surface area contributed by atoms with Gasteiger partial charge in [0, 0.05) is 29.9 Å².